The summed E-state index contributed by atoms with van der Waals surface area (Å²) in [5, 5.41) is 0.120. The maximum Gasteiger partial charge on any atom is 0.352 e. The summed E-state index contributed by atoms with van der Waals surface area (Å²) in [6.07, 6.45) is -0.664. The number of carbonyl (C=O) groups excluding carboxylic acids is 1. The number of hydrogen-bond donors (Lipinski definition) is 0. The maximum atomic E-state index is 11.3. The van der Waals surface area contributed by atoms with Gasteiger partial charge in [0.15, 0.2) is 17.6 Å². The number of esters is 1. The second-order valence-electron chi connectivity index (χ2n) is 3.85. The molecule has 3 rings (SSSR count). The number of benzene rings is 1. The summed E-state index contributed by atoms with van der Waals surface area (Å²) in [5.41, 5.74) is 0.702. The van der Waals surface area contributed by atoms with Crippen LogP contribution in [0.3, 0.4) is 0 Å². The van der Waals surface area contributed by atoms with Crippen LogP contribution in [0.15, 0.2) is 28.3 Å². The molecule has 1 atom stereocenters. The monoisotopic (exact) mass is 286 g/mol. The molecule has 0 spiro atoms. The molecule has 0 aromatic heterocycles. The van der Waals surface area contributed by atoms with Gasteiger partial charge in [0.25, 0.3) is 0 Å². The first-order valence-corrected chi connectivity index (χ1v) is 6.08. The van der Waals surface area contributed by atoms with Crippen molar-refractivity contribution >= 4 is 29.2 Å². The number of carbonyl (C=O) groups is 1. The zero-order chi connectivity index (χ0) is 12.7. The van der Waals surface area contributed by atoms with E-state index >= 15 is 0 Å². The molecule has 1 aromatic rings. The van der Waals surface area contributed by atoms with Crippen LogP contribution in [-0.4, -0.2) is 19.2 Å². The molecule has 94 valence electrons. The summed E-state index contributed by atoms with van der Waals surface area (Å²) in [6.45, 7) is 1.02. The standard InChI is InChI=1S/C12H8Cl2O4/c13-9-10(14)12(15)18-11(9)6-1-2-7-8(5-6)17-4-3-16-7/h1-2,5,11H,3-4H2/t11-/m0/s1. The van der Waals surface area contributed by atoms with E-state index in [2.05, 4.69) is 0 Å². The zero-order valence-corrected chi connectivity index (χ0v) is 10.6. The van der Waals surface area contributed by atoms with Crippen molar-refractivity contribution in [3.63, 3.8) is 0 Å². The molecule has 0 saturated carbocycles. The number of fused-ring (bicyclic) bond motifs is 1. The molecule has 0 radical (unpaired) electrons. The Balaban J connectivity index is 1.97. The van der Waals surface area contributed by atoms with Gasteiger partial charge >= 0.3 is 5.97 Å². The number of halogens is 2. The number of rotatable bonds is 1. The third kappa shape index (κ3) is 1.82. The zero-order valence-electron chi connectivity index (χ0n) is 9.11. The van der Waals surface area contributed by atoms with Gasteiger partial charge in [-0.05, 0) is 12.1 Å². The van der Waals surface area contributed by atoms with Crippen LogP contribution in [0, 0.1) is 0 Å². The Morgan fingerprint density at radius 1 is 1.11 bits per heavy atom. The highest BCUT2D eigenvalue weighted by Crippen LogP contribution is 2.42. The van der Waals surface area contributed by atoms with E-state index in [0.29, 0.717) is 30.3 Å². The Kier molecular flexibility index (Phi) is 2.84. The van der Waals surface area contributed by atoms with Crippen LogP contribution in [0.4, 0.5) is 0 Å². The molecule has 0 unspecified atom stereocenters. The molecule has 6 heteroatoms. The fraction of sp³-hybridized carbons (Fsp3) is 0.250. The summed E-state index contributed by atoms with van der Waals surface area (Å²) in [6, 6.07) is 5.27. The van der Waals surface area contributed by atoms with Gasteiger partial charge < -0.3 is 14.2 Å². The summed E-state index contributed by atoms with van der Waals surface area (Å²) in [5.74, 6) is 0.671. The Morgan fingerprint density at radius 3 is 2.50 bits per heavy atom. The first-order valence-electron chi connectivity index (χ1n) is 5.32. The van der Waals surface area contributed by atoms with Crippen molar-refractivity contribution in [1.82, 2.24) is 0 Å². The van der Waals surface area contributed by atoms with Crippen LogP contribution in [0.25, 0.3) is 0 Å². The van der Waals surface area contributed by atoms with Crippen molar-refractivity contribution in [3.05, 3.63) is 33.8 Å². The van der Waals surface area contributed by atoms with Crippen molar-refractivity contribution in [1.29, 1.82) is 0 Å². The minimum Gasteiger partial charge on any atom is -0.486 e. The summed E-state index contributed by atoms with van der Waals surface area (Å²) >= 11 is 11.7. The highest BCUT2D eigenvalue weighted by Gasteiger charge is 2.34. The number of hydrogen-bond acceptors (Lipinski definition) is 4. The topological polar surface area (TPSA) is 44.8 Å². The maximum absolute atomic E-state index is 11.3. The van der Waals surface area contributed by atoms with Crippen LogP contribution in [-0.2, 0) is 9.53 Å². The van der Waals surface area contributed by atoms with Crippen molar-refractivity contribution in [2.45, 2.75) is 6.10 Å². The molecule has 1 aromatic carbocycles. The van der Waals surface area contributed by atoms with E-state index < -0.39 is 12.1 Å². The van der Waals surface area contributed by atoms with Crippen molar-refractivity contribution in [2.75, 3.05) is 13.2 Å². The van der Waals surface area contributed by atoms with Crippen molar-refractivity contribution in [2.24, 2.45) is 0 Å². The Morgan fingerprint density at radius 2 is 1.83 bits per heavy atom. The predicted octanol–water partition coefficient (Wildman–Crippen LogP) is 2.74. The van der Waals surface area contributed by atoms with Gasteiger partial charge in [0, 0.05) is 5.56 Å². The Hall–Kier alpha value is -1.39. The first kappa shape index (κ1) is 11.7. The van der Waals surface area contributed by atoms with Gasteiger partial charge in [0.1, 0.15) is 18.2 Å². The van der Waals surface area contributed by atoms with E-state index in [9.17, 15) is 4.79 Å². The van der Waals surface area contributed by atoms with Crippen molar-refractivity contribution in [3.8, 4) is 11.5 Å². The smallest absolute Gasteiger partial charge is 0.352 e. The molecule has 0 bridgehead atoms. The highest BCUT2D eigenvalue weighted by molar-refractivity contribution is 6.48. The Labute approximate surface area is 113 Å². The summed E-state index contributed by atoms with van der Waals surface area (Å²) < 4.78 is 16.0. The molecule has 4 nitrogen and oxygen atoms in total. The lowest BCUT2D eigenvalue weighted by molar-refractivity contribution is -0.139. The minimum absolute atomic E-state index is 0.0726. The van der Waals surface area contributed by atoms with Gasteiger partial charge in [-0.2, -0.15) is 0 Å². The van der Waals surface area contributed by atoms with E-state index in [1.54, 1.807) is 18.2 Å². The fourth-order valence-electron chi connectivity index (χ4n) is 1.86. The molecule has 0 amide bonds. The summed E-state index contributed by atoms with van der Waals surface area (Å²) in [4.78, 5) is 11.3. The van der Waals surface area contributed by atoms with Crippen LogP contribution in [0.2, 0.25) is 0 Å². The van der Waals surface area contributed by atoms with Gasteiger partial charge in [-0.3, -0.25) is 0 Å². The van der Waals surface area contributed by atoms with Crippen LogP contribution in [0.1, 0.15) is 11.7 Å². The van der Waals surface area contributed by atoms with Gasteiger partial charge in [0.05, 0.1) is 5.03 Å². The van der Waals surface area contributed by atoms with Crippen LogP contribution < -0.4 is 9.47 Å². The number of cyclic esters (lactones) is 1. The van der Waals surface area contributed by atoms with E-state index in [1.165, 1.54) is 0 Å². The molecule has 0 N–H and O–H groups in total. The normalized spacial score (nSPS) is 22.1. The highest BCUT2D eigenvalue weighted by atomic mass is 35.5. The third-order valence-corrected chi connectivity index (χ3v) is 3.55. The van der Waals surface area contributed by atoms with E-state index in [4.69, 9.17) is 37.4 Å². The molecule has 0 aliphatic carbocycles. The van der Waals surface area contributed by atoms with Gasteiger partial charge in [-0.1, -0.05) is 29.3 Å². The molecular formula is C12H8Cl2O4. The van der Waals surface area contributed by atoms with Crippen molar-refractivity contribution < 1.29 is 19.0 Å². The Bertz CT molecular complexity index is 553. The second kappa shape index (κ2) is 4.37. The van der Waals surface area contributed by atoms with E-state index in [1.807, 2.05) is 0 Å². The lowest BCUT2D eigenvalue weighted by atomic mass is 10.1. The quantitative estimate of drug-likeness (QED) is 0.745. The molecule has 18 heavy (non-hydrogen) atoms. The van der Waals surface area contributed by atoms with Gasteiger partial charge in [-0.25, -0.2) is 4.79 Å². The first-order chi connectivity index (χ1) is 8.66. The molecule has 2 aliphatic heterocycles. The SMILES string of the molecule is O=C1O[C@@H](c2ccc3c(c2)OCCO3)C(Cl)=C1Cl. The molecule has 0 saturated heterocycles. The molecular weight excluding hydrogens is 279 g/mol. The van der Waals surface area contributed by atoms with Crippen LogP contribution >= 0.6 is 23.2 Å². The summed E-state index contributed by atoms with van der Waals surface area (Å²) in [7, 11) is 0. The average Bonchev–Trinajstić information content (AvgIpc) is 2.66. The van der Waals surface area contributed by atoms with E-state index in [-0.39, 0.29) is 10.1 Å². The van der Waals surface area contributed by atoms with Gasteiger partial charge in [0.2, 0.25) is 0 Å². The van der Waals surface area contributed by atoms with E-state index in [0.717, 1.165) is 0 Å². The fourth-order valence-corrected chi connectivity index (χ4v) is 2.25. The largest absolute Gasteiger partial charge is 0.486 e. The lowest BCUT2D eigenvalue weighted by Gasteiger charge is -2.20. The van der Waals surface area contributed by atoms with Crippen LogP contribution in [0.5, 0.6) is 11.5 Å². The molecule has 2 aliphatic rings. The second-order valence-corrected chi connectivity index (χ2v) is 4.64. The lowest BCUT2D eigenvalue weighted by Crippen LogP contribution is -2.15. The number of ether oxygens (including phenoxy) is 3. The average molecular weight is 287 g/mol. The van der Waals surface area contributed by atoms with Gasteiger partial charge in [-0.15, -0.1) is 0 Å². The molecule has 2 heterocycles. The molecule has 0 fully saturated rings. The predicted molar refractivity (Wildman–Crippen MR) is 65.0 cm³/mol. The minimum atomic E-state index is -0.664. The third-order valence-electron chi connectivity index (χ3n) is 2.71.